The first-order valence-corrected chi connectivity index (χ1v) is 8.08. The number of methoxy groups -OCH3 is 1. The van der Waals surface area contributed by atoms with E-state index in [2.05, 4.69) is 16.3 Å². The zero-order valence-electron chi connectivity index (χ0n) is 12.1. The van der Waals surface area contributed by atoms with Gasteiger partial charge < -0.3 is 4.74 Å². The smallest absolute Gasteiger partial charge is 0.327 e. The monoisotopic (exact) mass is 341 g/mol. The number of carbonyl (C=O) groups is 1. The highest BCUT2D eigenvalue weighted by Gasteiger charge is 2.32. The molecule has 1 aromatic heterocycles. The van der Waals surface area contributed by atoms with Crippen molar-refractivity contribution < 1.29 is 14.2 Å². The Labute approximate surface area is 137 Å². The van der Waals surface area contributed by atoms with Crippen molar-refractivity contribution in [3.05, 3.63) is 56.7 Å². The molecule has 3 rings (SSSR count). The van der Waals surface area contributed by atoms with Crippen molar-refractivity contribution in [2.45, 2.75) is 19.0 Å². The Morgan fingerprint density at radius 2 is 2.14 bits per heavy atom. The summed E-state index contributed by atoms with van der Waals surface area (Å²) >= 11 is 8.07. The molecule has 0 fully saturated rings. The van der Waals surface area contributed by atoms with Gasteiger partial charge in [-0.1, -0.05) is 29.8 Å². The fourth-order valence-corrected chi connectivity index (χ4v) is 3.90. The van der Waals surface area contributed by atoms with Crippen molar-refractivity contribution in [1.82, 2.24) is 4.90 Å². The van der Waals surface area contributed by atoms with Crippen LogP contribution in [0.25, 0.3) is 0 Å². The van der Waals surface area contributed by atoms with Crippen LogP contribution in [0.3, 0.4) is 0 Å². The van der Waals surface area contributed by atoms with Crippen LogP contribution in [0.4, 0.5) is 4.70 Å². The first-order chi connectivity index (χ1) is 10.2. The number of thiophene rings is 1. The van der Waals surface area contributed by atoms with Crippen LogP contribution < -0.4 is 0 Å². The third kappa shape index (κ3) is 3.16. The van der Waals surface area contributed by atoms with Gasteiger partial charge in [0, 0.05) is 23.0 Å². The van der Waals surface area contributed by atoms with Gasteiger partial charge >= 0.3 is 5.97 Å². The lowest BCUT2D eigenvalue weighted by Crippen LogP contribution is -2.38. The molecule has 6 heteroatoms. The summed E-state index contributed by atoms with van der Waals surface area (Å²) in [6.45, 7) is 1.59. The maximum Gasteiger partial charge on any atom is 0.327 e. The van der Waals surface area contributed by atoms with Crippen molar-refractivity contribution in [2.75, 3.05) is 13.7 Å². The van der Waals surface area contributed by atoms with E-state index in [1.54, 1.807) is 11.3 Å². The minimum atomic E-state index is -0.447. The van der Waals surface area contributed by atoms with Crippen molar-refractivity contribution in [1.29, 1.82) is 0 Å². The number of hydrogen-bond donors (Lipinski definition) is 0. The average molecular weight is 342 g/mol. The van der Waals surface area contributed by atoms with E-state index in [1.807, 2.05) is 24.3 Å². The largest absolute Gasteiger partial charge is 0.468 e. The molecule has 0 bridgehead atoms. The Kier molecular flexibility index (Phi) is 5.56. The number of fused-ring (bicyclic) bond motifs is 1. The number of ether oxygens (including phenoxy) is 1. The minimum absolute atomic E-state index is 0. The molecule has 22 heavy (non-hydrogen) atoms. The van der Waals surface area contributed by atoms with Gasteiger partial charge in [0.2, 0.25) is 0 Å². The maximum absolute atomic E-state index is 12.3. The number of halogens is 2. The van der Waals surface area contributed by atoms with E-state index in [9.17, 15) is 4.79 Å². The molecule has 0 radical (unpaired) electrons. The van der Waals surface area contributed by atoms with E-state index in [-0.39, 0.29) is 10.7 Å². The maximum atomic E-state index is 12.3. The summed E-state index contributed by atoms with van der Waals surface area (Å²) in [6.07, 6.45) is 0.963. The van der Waals surface area contributed by atoms with E-state index < -0.39 is 6.04 Å². The van der Waals surface area contributed by atoms with Gasteiger partial charge in [0.25, 0.3) is 0 Å². The summed E-state index contributed by atoms with van der Waals surface area (Å²) in [4.78, 5) is 15.8. The molecule has 0 saturated carbocycles. The number of hydrogen-bond acceptors (Lipinski definition) is 4. The lowest BCUT2D eigenvalue weighted by Gasteiger charge is -2.33. The van der Waals surface area contributed by atoms with Crippen molar-refractivity contribution >= 4 is 28.9 Å². The van der Waals surface area contributed by atoms with Crippen LogP contribution in [-0.2, 0) is 22.5 Å². The quantitative estimate of drug-likeness (QED) is 0.795. The van der Waals surface area contributed by atoms with Crippen LogP contribution >= 0.6 is 22.9 Å². The van der Waals surface area contributed by atoms with Crippen molar-refractivity contribution in [3.63, 3.8) is 0 Å². The van der Waals surface area contributed by atoms with Crippen LogP contribution in [0.2, 0.25) is 5.02 Å². The molecular weight excluding hydrogens is 325 g/mol. The molecule has 1 aromatic carbocycles. The fourth-order valence-electron chi connectivity index (χ4n) is 2.77. The molecule has 1 unspecified atom stereocenters. The summed E-state index contributed by atoms with van der Waals surface area (Å²) in [7, 11) is 1.42. The van der Waals surface area contributed by atoms with Gasteiger partial charge in [0.15, 0.2) is 0 Å². The average Bonchev–Trinajstić information content (AvgIpc) is 2.97. The van der Waals surface area contributed by atoms with Crippen LogP contribution in [0, 0.1) is 0 Å². The van der Waals surface area contributed by atoms with Crippen LogP contribution in [0.1, 0.15) is 22.0 Å². The van der Waals surface area contributed by atoms with E-state index in [1.165, 1.54) is 17.6 Å². The van der Waals surface area contributed by atoms with Crippen LogP contribution in [0.15, 0.2) is 35.7 Å². The molecule has 0 N–H and O–H groups in total. The Balaban J connectivity index is 0.00000176. The van der Waals surface area contributed by atoms with E-state index in [0.717, 1.165) is 25.1 Å². The van der Waals surface area contributed by atoms with E-state index >= 15 is 0 Å². The summed E-state index contributed by atoms with van der Waals surface area (Å²) in [5, 5.41) is 2.71. The second-order valence-electron chi connectivity index (χ2n) is 5.04. The molecule has 1 atom stereocenters. The van der Waals surface area contributed by atoms with Gasteiger partial charge in [-0.05, 0) is 35.1 Å². The first kappa shape index (κ1) is 16.9. The van der Waals surface area contributed by atoms with Crippen molar-refractivity contribution in [2.24, 2.45) is 0 Å². The molecule has 0 aliphatic carbocycles. The van der Waals surface area contributed by atoms with Gasteiger partial charge in [-0.15, -0.1) is 11.3 Å². The van der Waals surface area contributed by atoms with Crippen molar-refractivity contribution in [3.8, 4) is 0 Å². The summed E-state index contributed by atoms with van der Waals surface area (Å²) in [6, 6.07) is 9.16. The zero-order valence-corrected chi connectivity index (χ0v) is 13.7. The summed E-state index contributed by atoms with van der Waals surface area (Å²) in [5.74, 6) is -0.262. The zero-order chi connectivity index (χ0) is 14.8. The van der Waals surface area contributed by atoms with Crippen LogP contribution in [-0.4, -0.2) is 24.5 Å². The molecule has 0 spiro atoms. The molecule has 0 saturated heterocycles. The highest BCUT2D eigenvalue weighted by molar-refractivity contribution is 7.10. The first-order valence-electron chi connectivity index (χ1n) is 6.82. The molecule has 2 heterocycles. The Morgan fingerprint density at radius 1 is 1.36 bits per heavy atom. The highest BCUT2D eigenvalue weighted by atomic mass is 35.5. The van der Waals surface area contributed by atoms with Gasteiger partial charge in [-0.3, -0.25) is 9.60 Å². The Hall–Kier alpha value is -1.43. The Morgan fingerprint density at radius 3 is 2.86 bits per heavy atom. The standard InChI is InChI=1S/C16H16ClNO2S.FH/c1-20-16(19)15(12-4-2-3-5-13(12)17)18-8-6-14-11(10-18)7-9-21-14;/h2-5,7,9,15H,6,8,10H2,1H3;1H. The fraction of sp³-hybridized carbons (Fsp3) is 0.312. The minimum Gasteiger partial charge on any atom is -0.468 e. The number of esters is 1. The number of rotatable bonds is 3. The molecule has 0 amide bonds. The predicted molar refractivity (Wildman–Crippen MR) is 87.1 cm³/mol. The lowest BCUT2D eigenvalue weighted by atomic mass is 10.0. The third-order valence-electron chi connectivity index (χ3n) is 3.83. The van der Waals surface area contributed by atoms with Gasteiger partial charge in [0.05, 0.1) is 7.11 Å². The number of carbonyl (C=O) groups excluding carboxylic acids is 1. The van der Waals surface area contributed by atoms with Crippen LogP contribution in [0.5, 0.6) is 0 Å². The Bertz CT molecular complexity index is 661. The second-order valence-corrected chi connectivity index (χ2v) is 6.44. The number of nitrogens with zero attached hydrogens (tertiary/aromatic N) is 1. The van der Waals surface area contributed by atoms with Gasteiger partial charge in [-0.25, -0.2) is 4.79 Å². The second kappa shape index (κ2) is 7.22. The summed E-state index contributed by atoms with van der Waals surface area (Å²) in [5.41, 5.74) is 2.11. The van der Waals surface area contributed by atoms with Gasteiger partial charge in [0.1, 0.15) is 6.04 Å². The molecule has 1 aliphatic heterocycles. The molecular formula is C16H17ClFNO2S. The predicted octanol–water partition coefficient (Wildman–Crippen LogP) is 3.83. The summed E-state index contributed by atoms with van der Waals surface area (Å²) < 4.78 is 5.01. The molecule has 1 aliphatic rings. The molecule has 3 nitrogen and oxygen atoms in total. The third-order valence-corrected chi connectivity index (χ3v) is 5.19. The van der Waals surface area contributed by atoms with E-state index in [4.69, 9.17) is 16.3 Å². The SMILES string of the molecule is COC(=O)C(c1ccccc1Cl)N1CCc2sccc2C1.F. The topological polar surface area (TPSA) is 29.5 Å². The normalized spacial score (nSPS) is 15.5. The lowest BCUT2D eigenvalue weighted by molar-refractivity contribution is -0.147. The molecule has 118 valence electrons. The van der Waals surface area contributed by atoms with E-state index in [0.29, 0.717) is 5.02 Å². The molecule has 2 aromatic rings. The number of benzene rings is 1. The highest BCUT2D eigenvalue weighted by Crippen LogP contribution is 2.33. The van der Waals surface area contributed by atoms with Gasteiger partial charge in [-0.2, -0.15) is 0 Å².